The Hall–Kier alpha value is -2.86. The van der Waals surface area contributed by atoms with Gasteiger partial charge in [-0.25, -0.2) is 0 Å². The molecule has 0 aliphatic heterocycles. The highest BCUT2D eigenvalue weighted by Crippen LogP contribution is 2.34. The number of nitrogen functional groups attached to an aromatic ring is 1. The number of nitrogens with two attached hydrogens (primary N) is 1. The van der Waals surface area contributed by atoms with Crippen LogP contribution < -0.4 is 5.73 Å². The van der Waals surface area contributed by atoms with E-state index in [0.717, 1.165) is 0 Å². The lowest BCUT2D eigenvalue weighted by molar-refractivity contribution is 0.481. The van der Waals surface area contributed by atoms with Gasteiger partial charge in [0.2, 0.25) is 0 Å². The van der Waals surface area contributed by atoms with Gasteiger partial charge in [0.15, 0.2) is 0 Å². The molecule has 27 heavy (non-hydrogen) atoms. The highest BCUT2D eigenvalue weighted by Gasteiger charge is 2.15. The molecule has 140 valence electrons. The molecule has 0 saturated carbocycles. The lowest BCUT2D eigenvalue weighted by Crippen LogP contribution is -1.98. The van der Waals surface area contributed by atoms with Crippen molar-refractivity contribution in [1.82, 2.24) is 0 Å². The Morgan fingerprint density at radius 2 is 1.41 bits per heavy atom. The minimum Gasteiger partial charge on any atom is -0.398 e. The van der Waals surface area contributed by atoms with E-state index >= 15 is 0 Å². The second-order valence-electron chi connectivity index (χ2n) is 5.50. The van der Waals surface area contributed by atoms with Crippen LogP contribution in [0.5, 0.6) is 0 Å². The first-order chi connectivity index (χ1) is 12.6. The Bertz CT molecular complexity index is 1280. The molecule has 0 spiro atoms. The molecule has 3 aromatic rings. The highest BCUT2D eigenvalue weighted by atomic mass is 32.2. The van der Waals surface area contributed by atoms with Crippen molar-refractivity contribution in [1.29, 1.82) is 0 Å². The lowest BCUT2D eigenvalue weighted by atomic mass is 10.1. The van der Waals surface area contributed by atoms with Gasteiger partial charge in [0.1, 0.15) is 10.6 Å². The van der Waals surface area contributed by atoms with Gasteiger partial charge in [0.25, 0.3) is 20.2 Å². The average molecular weight is 407 g/mol. The summed E-state index contributed by atoms with van der Waals surface area (Å²) in [6.07, 6.45) is 0. The molecule has 3 aromatic carbocycles. The van der Waals surface area contributed by atoms with Crippen molar-refractivity contribution in [2.24, 2.45) is 10.2 Å². The third-order valence-electron chi connectivity index (χ3n) is 3.71. The zero-order valence-electron chi connectivity index (χ0n) is 13.5. The summed E-state index contributed by atoms with van der Waals surface area (Å²) in [5.74, 6) is 0. The van der Waals surface area contributed by atoms with Crippen LogP contribution in [0.1, 0.15) is 0 Å². The molecule has 0 fully saturated rings. The largest absolute Gasteiger partial charge is 0.398 e. The molecule has 0 atom stereocenters. The Morgan fingerprint density at radius 1 is 0.741 bits per heavy atom. The lowest BCUT2D eigenvalue weighted by Gasteiger charge is -2.07. The maximum absolute atomic E-state index is 11.4. The molecule has 0 heterocycles. The number of anilines is 1. The Balaban J connectivity index is 2.15. The van der Waals surface area contributed by atoms with Crippen molar-refractivity contribution in [2.45, 2.75) is 9.79 Å². The summed E-state index contributed by atoms with van der Waals surface area (Å²) in [6.45, 7) is 0. The molecule has 0 aliphatic carbocycles. The van der Waals surface area contributed by atoms with Crippen LogP contribution in [-0.4, -0.2) is 25.9 Å². The molecule has 0 radical (unpaired) electrons. The van der Waals surface area contributed by atoms with E-state index in [1.165, 1.54) is 54.6 Å². The van der Waals surface area contributed by atoms with Crippen molar-refractivity contribution in [2.75, 3.05) is 5.73 Å². The molecule has 11 heteroatoms. The first-order valence-corrected chi connectivity index (χ1v) is 10.2. The molecule has 3 rings (SSSR count). The number of hydrogen-bond donors (Lipinski definition) is 3. The van der Waals surface area contributed by atoms with Crippen molar-refractivity contribution < 1.29 is 25.9 Å². The third-order valence-corrected chi connectivity index (χ3v) is 5.46. The molecule has 0 aliphatic rings. The average Bonchev–Trinajstić information content (AvgIpc) is 2.60. The molecular formula is C16H13N3O6S2. The first kappa shape index (κ1) is 18.9. The molecular weight excluding hydrogens is 394 g/mol. The number of hydrogen-bond acceptors (Lipinski definition) is 7. The van der Waals surface area contributed by atoms with Gasteiger partial charge in [-0.2, -0.15) is 16.8 Å². The third kappa shape index (κ3) is 3.95. The van der Waals surface area contributed by atoms with E-state index in [0.29, 0.717) is 10.8 Å². The van der Waals surface area contributed by atoms with Crippen LogP contribution in [0.15, 0.2) is 74.6 Å². The number of rotatable bonds is 4. The molecule has 0 amide bonds. The summed E-state index contributed by atoms with van der Waals surface area (Å²) in [5, 5.41) is 8.63. The monoisotopic (exact) mass is 407 g/mol. The first-order valence-electron chi connectivity index (χ1n) is 7.35. The van der Waals surface area contributed by atoms with Gasteiger partial charge >= 0.3 is 0 Å². The zero-order valence-corrected chi connectivity index (χ0v) is 15.1. The van der Waals surface area contributed by atoms with Crippen molar-refractivity contribution >= 4 is 48.1 Å². The predicted octanol–water partition coefficient (Wildman–Crippen LogP) is 3.33. The highest BCUT2D eigenvalue weighted by molar-refractivity contribution is 7.86. The van der Waals surface area contributed by atoms with Gasteiger partial charge in [-0.05, 0) is 36.4 Å². The quantitative estimate of drug-likeness (QED) is 0.339. The number of azo groups is 1. The van der Waals surface area contributed by atoms with Gasteiger partial charge < -0.3 is 5.73 Å². The Kier molecular flexibility index (Phi) is 4.70. The number of nitrogens with zero attached hydrogens (tertiary/aromatic N) is 2. The topological polar surface area (TPSA) is 159 Å². The van der Waals surface area contributed by atoms with E-state index in [-0.39, 0.29) is 22.0 Å². The fourth-order valence-electron chi connectivity index (χ4n) is 2.45. The smallest absolute Gasteiger partial charge is 0.296 e. The van der Waals surface area contributed by atoms with Crippen molar-refractivity contribution in [3.8, 4) is 0 Å². The van der Waals surface area contributed by atoms with Gasteiger partial charge in [0, 0.05) is 16.5 Å². The fourth-order valence-corrected chi connectivity index (χ4v) is 3.58. The van der Waals surface area contributed by atoms with Crippen LogP contribution in [0.25, 0.3) is 10.8 Å². The van der Waals surface area contributed by atoms with Gasteiger partial charge in [0.05, 0.1) is 10.6 Å². The van der Waals surface area contributed by atoms with E-state index in [1.54, 1.807) is 0 Å². The summed E-state index contributed by atoms with van der Waals surface area (Å²) in [5.41, 5.74) is 6.34. The summed E-state index contributed by atoms with van der Waals surface area (Å²) < 4.78 is 63.9. The minimum absolute atomic E-state index is 0.0699. The summed E-state index contributed by atoms with van der Waals surface area (Å²) in [6, 6.07) is 12.3. The van der Waals surface area contributed by atoms with E-state index in [9.17, 15) is 25.9 Å². The number of benzene rings is 3. The van der Waals surface area contributed by atoms with Gasteiger partial charge in [-0.15, -0.1) is 10.2 Å². The second-order valence-corrected chi connectivity index (χ2v) is 8.31. The maximum atomic E-state index is 11.4. The van der Waals surface area contributed by atoms with Crippen LogP contribution in [-0.2, 0) is 20.2 Å². The Morgan fingerprint density at radius 3 is 2.07 bits per heavy atom. The Labute approximate surface area is 154 Å². The maximum Gasteiger partial charge on any atom is 0.296 e. The molecule has 4 N–H and O–H groups in total. The van der Waals surface area contributed by atoms with Crippen LogP contribution in [0.3, 0.4) is 0 Å². The molecule has 0 saturated heterocycles. The van der Waals surface area contributed by atoms with Crippen molar-refractivity contribution in [3.05, 3.63) is 54.6 Å². The SMILES string of the molecule is Nc1ccc(N=Nc2ccccc2S(=O)(=O)O)c2ccc(S(=O)(=O)O)cc12. The van der Waals surface area contributed by atoms with Crippen LogP contribution in [0, 0.1) is 0 Å². The van der Waals surface area contributed by atoms with E-state index in [1.807, 2.05) is 0 Å². The molecule has 9 nitrogen and oxygen atoms in total. The van der Waals surface area contributed by atoms with Crippen molar-refractivity contribution in [3.63, 3.8) is 0 Å². The van der Waals surface area contributed by atoms with E-state index in [4.69, 9.17) is 5.73 Å². The molecule has 0 bridgehead atoms. The summed E-state index contributed by atoms with van der Waals surface area (Å²) in [7, 11) is -8.88. The van der Waals surface area contributed by atoms with Crippen LogP contribution in [0.4, 0.5) is 17.1 Å². The predicted molar refractivity (Wildman–Crippen MR) is 98.6 cm³/mol. The van der Waals surface area contributed by atoms with Gasteiger partial charge in [-0.1, -0.05) is 18.2 Å². The molecule has 0 aromatic heterocycles. The minimum atomic E-state index is -4.48. The van der Waals surface area contributed by atoms with Crippen LogP contribution >= 0.6 is 0 Å². The zero-order chi connectivity index (χ0) is 19.8. The summed E-state index contributed by atoms with van der Waals surface area (Å²) in [4.78, 5) is -0.727. The summed E-state index contributed by atoms with van der Waals surface area (Å²) >= 11 is 0. The van der Waals surface area contributed by atoms with E-state index < -0.39 is 25.1 Å². The standard InChI is InChI=1S/C16H13N3O6S2/c17-13-7-8-14(11-6-5-10(9-12(11)13)26(20,21)22)18-19-15-3-1-2-4-16(15)27(23,24)25/h1-9H,17H2,(H,20,21,22)(H,23,24,25). The number of fused-ring (bicyclic) bond motifs is 1. The second kappa shape index (κ2) is 6.70. The van der Waals surface area contributed by atoms with Crippen LogP contribution in [0.2, 0.25) is 0 Å². The molecule has 0 unspecified atom stereocenters. The van der Waals surface area contributed by atoms with Gasteiger partial charge in [-0.3, -0.25) is 9.11 Å². The van der Waals surface area contributed by atoms with E-state index in [2.05, 4.69) is 10.2 Å². The normalized spacial score (nSPS) is 12.7. The fraction of sp³-hybridized carbons (Fsp3) is 0.